The zero-order valence-electron chi connectivity index (χ0n) is 13.3. The van der Waals surface area contributed by atoms with E-state index in [1.807, 2.05) is 30.3 Å². The third-order valence-corrected chi connectivity index (χ3v) is 3.92. The van der Waals surface area contributed by atoms with Crippen LogP contribution in [0.2, 0.25) is 0 Å². The first kappa shape index (κ1) is 17.4. The van der Waals surface area contributed by atoms with Gasteiger partial charge in [-0.25, -0.2) is 4.98 Å². The lowest BCUT2D eigenvalue weighted by atomic mass is 10.3. The molecule has 0 saturated heterocycles. The van der Waals surface area contributed by atoms with Gasteiger partial charge in [0, 0.05) is 11.0 Å². The van der Waals surface area contributed by atoms with Crippen molar-refractivity contribution in [2.24, 2.45) is 0 Å². The molecule has 0 aliphatic carbocycles. The molecular weight excluding hydrogens is 356 g/mol. The van der Waals surface area contributed by atoms with Crippen LogP contribution in [0.4, 0.5) is 11.4 Å². The van der Waals surface area contributed by atoms with Crippen molar-refractivity contribution < 1.29 is 4.79 Å². The Kier molecular flexibility index (Phi) is 6.55. The second kappa shape index (κ2) is 8.64. The number of benzene rings is 1. The maximum absolute atomic E-state index is 12.2. The summed E-state index contributed by atoms with van der Waals surface area (Å²) < 4.78 is 0.840. The molecule has 0 atom stereocenters. The van der Waals surface area contributed by atoms with Crippen LogP contribution < -0.4 is 10.6 Å². The Bertz CT molecular complexity index is 643. The number of carbonyl (C=O) groups excluding carboxylic acids is 1. The Hall–Kier alpha value is -1.92. The molecule has 0 aliphatic rings. The number of anilines is 2. The zero-order valence-corrected chi connectivity index (χ0v) is 14.9. The van der Waals surface area contributed by atoms with E-state index < -0.39 is 0 Å². The Morgan fingerprint density at radius 2 is 2.00 bits per heavy atom. The number of nitrogens with one attached hydrogen (secondary N) is 2. The second-order valence-corrected chi connectivity index (χ2v) is 6.30. The fraction of sp³-hybridized carbons (Fsp3) is 0.294. The highest BCUT2D eigenvalue weighted by molar-refractivity contribution is 9.10. The smallest absolute Gasteiger partial charge is 0.274 e. The number of para-hydroxylation sites is 1. The molecule has 0 fully saturated rings. The van der Waals surface area contributed by atoms with E-state index >= 15 is 0 Å². The number of nitrogens with zero attached hydrogens (tertiary/aromatic N) is 2. The van der Waals surface area contributed by atoms with Crippen molar-refractivity contribution in [1.29, 1.82) is 0 Å². The number of rotatable bonds is 7. The van der Waals surface area contributed by atoms with Crippen molar-refractivity contribution in [3.05, 3.63) is 52.8 Å². The minimum atomic E-state index is -0.226. The highest BCUT2D eigenvalue weighted by Crippen LogP contribution is 2.21. The van der Waals surface area contributed by atoms with Gasteiger partial charge in [0.15, 0.2) is 0 Å². The first-order valence-corrected chi connectivity index (χ1v) is 8.26. The summed E-state index contributed by atoms with van der Waals surface area (Å²) in [5.74, 6) is -0.226. The average Bonchev–Trinajstić information content (AvgIpc) is 2.54. The third-order valence-electron chi connectivity index (χ3n) is 3.23. The van der Waals surface area contributed by atoms with E-state index in [-0.39, 0.29) is 5.91 Å². The van der Waals surface area contributed by atoms with Crippen LogP contribution in [-0.2, 0) is 0 Å². The van der Waals surface area contributed by atoms with Gasteiger partial charge < -0.3 is 15.5 Å². The van der Waals surface area contributed by atoms with E-state index in [9.17, 15) is 4.79 Å². The number of aromatic nitrogens is 1. The first-order valence-electron chi connectivity index (χ1n) is 7.47. The quantitative estimate of drug-likeness (QED) is 0.726. The van der Waals surface area contributed by atoms with Crippen molar-refractivity contribution >= 4 is 33.2 Å². The van der Waals surface area contributed by atoms with Crippen molar-refractivity contribution in [3.63, 3.8) is 0 Å². The van der Waals surface area contributed by atoms with E-state index in [0.29, 0.717) is 5.69 Å². The van der Waals surface area contributed by atoms with Crippen molar-refractivity contribution in [3.8, 4) is 0 Å². The Morgan fingerprint density at radius 1 is 1.22 bits per heavy atom. The molecule has 0 spiro atoms. The predicted octanol–water partition coefficient (Wildman–Crippen LogP) is 3.46. The van der Waals surface area contributed by atoms with Gasteiger partial charge in [0.1, 0.15) is 5.69 Å². The minimum absolute atomic E-state index is 0.226. The van der Waals surface area contributed by atoms with Crippen LogP contribution >= 0.6 is 15.9 Å². The standard InChI is InChI=1S/C17H21BrN4O/c1-22(2)11-5-10-19-13-8-9-16(20-12-13)17(23)21-15-7-4-3-6-14(15)18/h3-4,6-9,12,19H,5,10-11H2,1-2H3,(H,21,23). The zero-order chi connectivity index (χ0) is 16.7. The molecule has 6 heteroatoms. The summed E-state index contributed by atoms with van der Waals surface area (Å²) in [6.45, 7) is 1.91. The van der Waals surface area contributed by atoms with Gasteiger partial charge >= 0.3 is 0 Å². The topological polar surface area (TPSA) is 57.3 Å². The molecule has 23 heavy (non-hydrogen) atoms. The van der Waals surface area contributed by atoms with Crippen LogP contribution in [0.3, 0.4) is 0 Å². The lowest BCUT2D eigenvalue weighted by Gasteiger charge is -2.11. The van der Waals surface area contributed by atoms with Crippen molar-refractivity contribution in [2.75, 3.05) is 37.8 Å². The molecule has 1 heterocycles. The summed E-state index contributed by atoms with van der Waals surface area (Å²) in [6, 6.07) is 11.1. The summed E-state index contributed by atoms with van der Waals surface area (Å²) >= 11 is 3.41. The van der Waals surface area contributed by atoms with E-state index in [2.05, 4.69) is 50.5 Å². The Labute approximate surface area is 145 Å². The van der Waals surface area contributed by atoms with Crippen LogP contribution in [0.5, 0.6) is 0 Å². The minimum Gasteiger partial charge on any atom is -0.384 e. The van der Waals surface area contributed by atoms with Gasteiger partial charge in [0.25, 0.3) is 5.91 Å². The first-order chi connectivity index (χ1) is 11.1. The van der Waals surface area contributed by atoms with E-state index in [4.69, 9.17) is 0 Å². The van der Waals surface area contributed by atoms with Gasteiger partial charge in [-0.1, -0.05) is 12.1 Å². The fourth-order valence-corrected chi connectivity index (χ4v) is 2.39. The molecule has 0 bridgehead atoms. The van der Waals surface area contributed by atoms with E-state index in [1.54, 1.807) is 12.3 Å². The maximum Gasteiger partial charge on any atom is 0.274 e. The van der Waals surface area contributed by atoms with Gasteiger partial charge in [-0.3, -0.25) is 4.79 Å². The molecule has 0 aliphatic heterocycles. The van der Waals surface area contributed by atoms with Gasteiger partial charge in [-0.05, 0) is 67.3 Å². The average molecular weight is 377 g/mol. The third kappa shape index (κ3) is 5.65. The fourth-order valence-electron chi connectivity index (χ4n) is 2.01. The van der Waals surface area contributed by atoms with Crippen LogP contribution in [0.1, 0.15) is 16.9 Å². The highest BCUT2D eigenvalue weighted by atomic mass is 79.9. The molecule has 0 saturated carbocycles. The van der Waals surface area contributed by atoms with Crippen LogP contribution in [0.25, 0.3) is 0 Å². The number of amides is 1. The molecule has 122 valence electrons. The number of hydrogen-bond acceptors (Lipinski definition) is 4. The van der Waals surface area contributed by atoms with Crippen LogP contribution in [0.15, 0.2) is 47.1 Å². The van der Waals surface area contributed by atoms with Gasteiger partial charge in [0.05, 0.1) is 17.6 Å². The van der Waals surface area contributed by atoms with Gasteiger partial charge in [0.2, 0.25) is 0 Å². The molecule has 0 unspecified atom stereocenters. The SMILES string of the molecule is CN(C)CCCNc1ccc(C(=O)Nc2ccccc2Br)nc1. The molecule has 1 aromatic heterocycles. The van der Waals surface area contributed by atoms with Crippen LogP contribution in [-0.4, -0.2) is 43.0 Å². The lowest BCUT2D eigenvalue weighted by Crippen LogP contribution is -2.17. The molecule has 0 radical (unpaired) electrons. The van der Waals surface area contributed by atoms with Crippen LogP contribution in [0, 0.1) is 0 Å². The van der Waals surface area contributed by atoms with E-state index in [1.165, 1.54) is 0 Å². The van der Waals surface area contributed by atoms with Crippen molar-refractivity contribution in [2.45, 2.75) is 6.42 Å². The number of pyridine rings is 1. The maximum atomic E-state index is 12.2. The molecule has 1 amide bonds. The van der Waals surface area contributed by atoms with Gasteiger partial charge in [-0.2, -0.15) is 0 Å². The monoisotopic (exact) mass is 376 g/mol. The number of halogens is 1. The normalized spacial score (nSPS) is 10.6. The number of carbonyl (C=O) groups is 1. The largest absolute Gasteiger partial charge is 0.384 e. The summed E-state index contributed by atoms with van der Waals surface area (Å²) in [5, 5.41) is 6.13. The second-order valence-electron chi connectivity index (χ2n) is 5.45. The predicted molar refractivity (Wildman–Crippen MR) is 98.0 cm³/mol. The van der Waals surface area contributed by atoms with Crippen molar-refractivity contribution in [1.82, 2.24) is 9.88 Å². The molecule has 2 N–H and O–H groups in total. The summed E-state index contributed by atoms with van der Waals surface area (Å²) in [5.41, 5.74) is 2.03. The highest BCUT2D eigenvalue weighted by Gasteiger charge is 2.09. The molecule has 1 aromatic carbocycles. The van der Waals surface area contributed by atoms with Gasteiger partial charge in [-0.15, -0.1) is 0 Å². The summed E-state index contributed by atoms with van der Waals surface area (Å²) in [4.78, 5) is 18.6. The Morgan fingerprint density at radius 3 is 2.65 bits per heavy atom. The molecular formula is C17H21BrN4O. The number of hydrogen-bond donors (Lipinski definition) is 2. The molecule has 5 nitrogen and oxygen atoms in total. The lowest BCUT2D eigenvalue weighted by molar-refractivity contribution is 0.102. The molecule has 2 aromatic rings. The Balaban J connectivity index is 1.89. The summed E-state index contributed by atoms with van der Waals surface area (Å²) in [7, 11) is 4.11. The summed E-state index contributed by atoms with van der Waals surface area (Å²) in [6.07, 6.45) is 2.74. The molecule has 2 rings (SSSR count). The van der Waals surface area contributed by atoms with E-state index in [0.717, 1.165) is 35.4 Å².